The van der Waals surface area contributed by atoms with Crippen LogP contribution in [0.2, 0.25) is 5.15 Å². The molecular formula is C20H20ClNO. The average Bonchev–Trinajstić information content (AvgIpc) is 2.59. The molecule has 3 aromatic rings. The van der Waals surface area contributed by atoms with Gasteiger partial charge >= 0.3 is 0 Å². The van der Waals surface area contributed by atoms with Gasteiger partial charge in [0.05, 0.1) is 6.61 Å². The van der Waals surface area contributed by atoms with Crippen LogP contribution in [0.3, 0.4) is 0 Å². The van der Waals surface area contributed by atoms with Gasteiger partial charge in [-0.05, 0) is 36.3 Å². The summed E-state index contributed by atoms with van der Waals surface area (Å²) in [4.78, 5) is 4.49. The van der Waals surface area contributed by atoms with Gasteiger partial charge in [0.1, 0.15) is 5.15 Å². The number of halogens is 1. The molecule has 3 heteroatoms. The predicted molar refractivity (Wildman–Crippen MR) is 95.8 cm³/mol. The summed E-state index contributed by atoms with van der Waals surface area (Å²) in [5, 5.41) is 2.77. The van der Waals surface area contributed by atoms with Crippen molar-refractivity contribution in [2.24, 2.45) is 0 Å². The van der Waals surface area contributed by atoms with Crippen LogP contribution in [0.15, 0.2) is 60.7 Å². The number of pyridine rings is 1. The molecule has 0 radical (unpaired) electrons. The van der Waals surface area contributed by atoms with Gasteiger partial charge in [-0.3, -0.25) is 0 Å². The van der Waals surface area contributed by atoms with Crippen molar-refractivity contribution in [2.45, 2.75) is 25.9 Å². The zero-order valence-corrected chi connectivity index (χ0v) is 13.8. The van der Waals surface area contributed by atoms with Crippen molar-refractivity contribution < 1.29 is 4.74 Å². The molecule has 0 aliphatic rings. The molecule has 1 aromatic heterocycles. The summed E-state index contributed by atoms with van der Waals surface area (Å²) >= 11 is 6.26. The minimum atomic E-state index is 0.596. The molecule has 118 valence electrons. The number of unbranched alkanes of at least 4 members (excludes halogenated alkanes) is 1. The van der Waals surface area contributed by atoms with Crippen molar-refractivity contribution in [1.82, 2.24) is 4.98 Å². The van der Waals surface area contributed by atoms with Crippen LogP contribution in [0, 0.1) is 0 Å². The van der Waals surface area contributed by atoms with Crippen molar-refractivity contribution in [2.75, 3.05) is 6.61 Å². The van der Waals surface area contributed by atoms with Gasteiger partial charge < -0.3 is 4.74 Å². The van der Waals surface area contributed by atoms with Gasteiger partial charge in [0.15, 0.2) is 0 Å². The Morgan fingerprint density at radius 1 is 0.913 bits per heavy atom. The number of aromatic nitrogens is 1. The summed E-state index contributed by atoms with van der Waals surface area (Å²) in [6.07, 6.45) is 3.01. The molecule has 0 unspecified atom stereocenters. The second kappa shape index (κ2) is 8.09. The van der Waals surface area contributed by atoms with E-state index < -0.39 is 0 Å². The maximum absolute atomic E-state index is 6.26. The highest BCUT2D eigenvalue weighted by Crippen LogP contribution is 2.22. The predicted octanol–water partition coefficient (Wildman–Crippen LogP) is 5.43. The number of aryl methyl sites for hydroxylation is 1. The van der Waals surface area contributed by atoms with Crippen LogP contribution in [0.4, 0.5) is 0 Å². The maximum atomic E-state index is 6.26. The Kier molecular flexibility index (Phi) is 5.62. The van der Waals surface area contributed by atoms with Crippen LogP contribution in [-0.2, 0) is 17.8 Å². The summed E-state index contributed by atoms with van der Waals surface area (Å²) in [5.74, 6) is 0. The first-order chi connectivity index (χ1) is 11.3. The second-order valence-corrected chi connectivity index (χ2v) is 5.98. The lowest BCUT2D eigenvalue weighted by Crippen LogP contribution is -1.98. The van der Waals surface area contributed by atoms with E-state index in [2.05, 4.69) is 29.2 Å². The van der Waals surface area contributed by atoms with E-state index in [0.717, 1.165) is 42.3 Å². The molecule has 0 N–H and O–H groups in total. The number of rotatable bonds is 7. The van der Waals surface area contributed by atoms with Crippen LogP contribution in [0.25, 0.3) is 10.8 Å². The molecule has 0 saturated carbocycles. The molecule has 0 saturated heterocycles. The van der Waals surface area contributed by atoms with Crippen LogP contribution >= 0.6 is 11.6 Å². The summed E-state index contributed by atoms with van der Waals surface area (Å²) in [6.45, 7) is 1.46. The molecule has 23 heavy (non-hydrogen) atoms. The third kappa shape index (κ3) is 4.54. The van der Waals surface area contributed by atoms with E-state index >= 15 is 0 Å². The van der Waals surface area contributed by atoms with E-state index in [1.165, 1.54) is 5.56 Å². The van der Waals surface area contributed by atoms with Crippen LogP contribution < -0.4 is 0 Å². The highest BCUT2D eigenvalue weighted by Gasteiger charge is 2.03. The van der Waals surface area contributed by atoms with E-state index in [1.807, 2.05) is 36.4 Å². The first-order valence-corrected chi connectivity index (χ1v) is 8.36. The monoisotopic (exact) mass is 325 g/mol. The fourth-order valence-corrected chi connectivity index (χ4v) is 2.89. The molecule has 2 aromatic carbocycles. The Balaban J connectivity index is 1.44. The molecule has 1 heterocycles. The first kappa shape index (κ1) is 16.0. The summed E-state index contributed by atoms with van der Waals surface area (Å²) in [6, 6.07) is 20.5. The third-order valence-electron chi connectivity index (χ3n) is 3.83. The summed E-state index contributed by atoms with van der Waals surface area (Å²) in [7, 11) is 0. The lowest BCUT2D eigenvalue weighted by atomic mass is 10.1. The second-order valence-electron chi connectivity index (χ2n) is 5.62. The van der Waals surface area contributed by atoms with Gasteiger partial charge in [0.25, 0.3) is 0 Å². The van der Waals surface area contributed by atoms with Crippen molar-refractivity contribution >= 4 is 22.4 Å². The van der Waals surface area contributed by atoms with Gasteiger partial charge in [0, 0.05) is 17.7 Å². The van der Waals surface area contributed by atoms with E-state index in [4.69, 9.17) is 16.3 Å². The number of benzene rings is 2. The van der Waals surface area contributed by atoms with Crippen molar-refractivity contribution in [3.05, 3.63) is 77.1 Å². The van der Waals surface area contributed by atoms with Gasteiger partial charge in [-0.15, -0.1) is 0 Å². The molecule has 0 fully saturated rings. The molecular weight excluding hydrogens is 306 g/mol. The summed E-state index contributed by atoms with van der Waals surface area (Å²) < 4.78 is 5.71. The number of nitrogens with zero attached hydrogens (tertiary/aromatic N) is 1. The highest BCUT2D eigenvalue weighted by molar-refractivity contribution is 6.34. The lowest BCUT2D eigenvalue weighted by Gasteiger charge is -2.06. The Hall–Kier alpha value is -1.90. The Morgan fingerprint density at radius 2 is 1.70 bits per heavy atom. The normalized spacial score (nSPS) is 11.0. The van der Waals surface area contributed by atoms with E-state index in [1.54, 1.807) is 0 Å². The smallest absolute Gasteiger partial charge is 0.137 e. The maximum Gasteiger partial charge on any atom is 0.137 e. The minimum absolute atomic E-state index is 0.596. The van der Waals surface area contributed by atoms with Crippen LogP contribution in [-0.4, -0.2) is 11.6 Å². The van der Waals surface area contributed by atoms with E-state index in [9.17, 15) is 0 Å². The molecule has 0 aliphatic heterocycles. The van der Waals surface area contributed by atoms with E-state index in [-0.39, 0.29) is 0 Å². The van der Waals surface area contributed by atoms with Gasteiger partial charge in [-0.1, -0.05) is 66.2 Å². The lowest BCUT2D eigenvalue weighted by molar-refractivity contribution is 0.117. The zero-order valence-electron chi connectivity index (χ0n) is 13.0. The molecule has 2 nitrogen and oxygen atoms in total. The summed E-state index contributed by atoms with van der Waals surface area (Å²) in [5.41, 5.74) is 2.27. The van der Waals surface area contributed by atoms with Crippen molar-refractivity contribution in [1.29, 1.82) is 0 Å². The first-order valence-electron chi connectivity index (χ1n) is 7.99. The SMILES string of the molecule is Clc1nc(CCCCOCc2ccccc2)cc2ccccc12. The number of hydrogen-bond acceptors (Lipinski definition) is 2. The minimum Gasteiger partial charge on any atom is -0.377 e. The van der Waals surface area contributed by atoms with Gasteiger partial charge in [0.2, 0.25) is 0 Å². The third-order valence-corrected chi connectivity index (χ3v) is 4.12. The number of fused-ring (bicyclic) bond motifs is 1. The fourth-order valence-electron chi connectivity index (χ4n) is 2.61. The quantitative estimate of drug-likeness (QED) is 0.427. The Bertz CT molecular complexity index is 758. The van der Waals surface area contributed by atoms with Crippen LogP contribution in [0.1, 0.15) is 24.1 Å². The Labute approximate surface area is 142 Å². The number of ether oxygens (including phenoxy) is 1. The molecule has 0 amide bonds. The van der Waals surface area contributed by atoms with E-state index in [0.29, 0.717) is 11.8 Å². The topological polar surface area (TPSA) is 22.1 Å². The molecule has 0 aliphatic carbocycles. The molecule has 0 bridgehead atoms. The molecule has 3 rings (SSSR count). The highest BCUT2D eigenvalue weighted by atomic mass is 35.5. The van der Waals surface area contributed by atoms with Crippen molar-refractivity contribution in [3.8, 4) is 0 Å². The van der Waals surface area contributed by atoms with Crippen LogP contribution in [0.5, 0.6) is 0 Å². The van der Waals surface area contributed by atoms with Gasteiger partial charge in [-0.2, -0.15) is 0 Å². The Morgan fingerprint density at radius 3 is 2.57 bits per heavy atom. The zero-order chi connectivity index (χ0) is 15.9. The molecule has 0 spiro atoms. The standard InChI is InChI=1S/C20H20ClNO/c21-20-19-12-5-4-10-17(19)14-18(22-20)11-6-7-13-23-15-16-8-2-1-3-9-16/h1-5,8-10,12,14H,6-7,11,13,15H2. The number of hydrogen-bond donors (Lipinski definition) is 0. The fraction of sp³-hybridized carbons (Fsp3) is 0.250. The largest absolute Gasteiger partial charge is 0.377 e. The van der Waals surface area contributed by atoms with Gasteiger partial charge in [-0.25, -0.2) is 4.98 Å². The average molecular weight is 326 g/mol. The van der Waals surface area contributed by atoms with Crippen molar-refractivity contribution in [3.63, 3.8) is 0 Å². The molecule has 0 atom stereocenters.